The molecule has 142 valence electrons. The summed E-state index contributed by atoms with van der Waals surface area (Å²) < 4.78 is 0. The lowest BCUT2D eigenvalue weighted by molar-refractivity contribution is 0.101. The quantitative estimate of drug-likeness (QED) is 0.557. The Labute approximate surface area is 169 Å². The van der Waals surface area contributed by atoms with Crippen molar-refractivity contribution >= 4 is 28.5 Å². The van der Waals surface area contributed by atoms with Gasteiger partial charge in [0.25, 0.3) is 0 Å². The number of ketones is 3. The second kappa shape index (κ2) is 7.10. The molecular formula is C26H20O3. The summed E-state index contributed by atoms with van der Waals surface area (Å²) in [5.41, 5.74) is 5.53. The zero-order valence-electron chi connectivity index (χ0n) is 16.6. The van der Waals surface area contributed by atoms with Crippen molar-refractivity contribution in [2.24, 2.45) is 0 Å². The predicted molar refractivity (Wildman–Crippen MR) is 114 cm³/mol. The van der Waals surface area contributed by atoms with Gasteiger partial charge in [-0.3, -0.25) is 14.4 Å². The highest BCUT2D eigenvalue weighted by Gasteiger charge is 2.36. The number of hydrogen-bond acceptors (Lipinski definition) is 3. The van der Waals surface area contributed by atoms with Crippen LogP contribution in [0.15, 0.2) is 66.7 Å². The minimum atomic E-state index is -0.157. The Balaban J connectivity index is 2.16. The molecule has 0 amide bonds. The fourth-order valence-electron chi connectivity index (χ4n) is 4.17. The van der Waals surface area contributed by atoms with Crippen LogP contribution in [0.2, 0.25) is 0 Å². The van der Waals surface area contributed by atoms with Gasteiger partial charge < -0.3 is 0 Å². The van der Waals surface area contributed by atoms with Crippen LogP contribution in [0.5, 0.6) is 0 Å². The number of rotatable bonds is 4. The molecule has 0 unspecified atom stereocenters. The van der Waals surface area contributed by atoms with E-state index >= 15 is 0 Å². The van der Waals surface area contributed by atoms with Crippen molar-refractivity contribution in [3.63, 3.8) is 0 Å². The molecular weight excluding hydrogens is 360 g/mol. The molecule has 0 fully saturated rings. The maximum Gasteiger partial charge on any atom is 0.194 e. The van der Waals surface area contributed by atoms with Crippen LogP contribution in [0.3, 0.4) is 0 Å². The number of hydrogen-bond donors (Lipinski definition) is 0. The molecule has 1 aliphatic carbocycles. The first kappa shape index (κ1) is 18.8. The Bertz CT molecular complexity index is 1200. The fraction of sp³-hybridized carbons (Fsp3) is 0.115. The Kier molecular flexibility index (Phi) is 4.59. The SMILES string of the molecule is CC(=O)c1cc2c(c(C(C)=O)c1C)C(c1ccccc1)=C(c1ccccc1)C2=O. The predicted octanol–water partition coefficient (Wildman–Crippen LogP) is 5.56. The van der Waals surface area contributed by atoms with Crippen molar-refractivity contribution in [2.45, 2.75) is 20.8 Å². The van der Waals surface area contributed by atoms with Gasteiger partial charge in [-0.2, -0.15) is 0 Å². The average molecular weight is 380 g/mol. The Morgan fingerprint density at radius 2 is 1.24 bits per heavy atom. The van der Waals surface area contributed by atoms with E-state index in [1.807, 2.05) is 60.7 Å². The molecule has 4 rings (SSSR count). The van der Waals surface area contributed by atoms with Crippen molar-refractivity contribution in [1.29, 1.82) is 0 Å². The molecule has 0 saturated carbocycles. The summed E-state index contributed by atoms with van der Waals surface area (Å²) in [5.74, 6) is -0.470. The normalized spacial score (nSPS) is 12.9. The molecule has 0 aromatic heterocycles. The Morgan fingerprint density at radius 1 is 0.724 bits per heavy atom. The summed E-state index contributed by atoms with van der Waals surface area (Å²) in [6.07, 6.45) is 0. The highest BCUT2D eigenvalue weighted by atomic mass is 16.1. The molecule has 0 bridgehead atoms. The fourth-order valence-corrected chi connectivity index (χ4v) is 4.17. The van der Waals surface area contributed by atoms with Crippen molar-refractivity contribution in [1.82, 2.24) is 0 Å². The third kappa shape index (κ3) is 2.95. The first-order valence-electron chi connectivity index (χ1n) is 9.51. The summed E-state index contributed by atoms with van der Waals surface area (Å²) >= 11 is 0. The van der Waals surface area contributed by atoms with E-state index in [-0.39, 0.29) is 17.3 Å². The highest BCUT2D eigenvalue weighted by molar-refractivity contribution is 6.42. The molecule has 0 spiro atoms. The minimum absolute atomic E-state index is 0.155. The molecule has 3 aromatic carbocycles. The number of carbonyl (C=O) groups is 3. The van der Waals surface area contributed by atoms with Gasteiger partial charge in [0.15, 0.2) is 17.3 Å². The van der Waals surface area contributed by atoms with Crippen LogP contribution in [0.4, 0.5) is 0 Å². The van der Waals surface area contributed by atoms with Gasteiger partial charge >= 0.3 is 0 Å². The summed E-state index contributed by atoms with van der Waals surface area (Å²) in [4.78, 5) is 38.5. The maximum absolute atomic E-state index is 13.6. The summed E-state index contributed by atoms with van der Waals surface area (Å²) in [6, 6.07) is 20.8. The van der Waals surface area contributed by atoms with Crippen molar-refractivity contribution < 1.29 is 14.4 Å². The van der Waals surface area contributed by atoms with E-state index in [1.54, 1.807) is 13.0 Å². The van der Waals surface area contributed by atoms with Crippen LogP contribution in [-0.2, 0) is 0 Å². The monoisotopic (exact) mass is 380 g/mol. The molecule has 3 heteroatoms. The van der Waals surface area contributed by atoms with Crippen LogP contribution in [0.25, 0.3) is 11.1 Å². The second-order valence-corrected chi connectivity index (χ2v) is 7.27. The van der Waals surface area contributed by atoms with Gasteiger partial charge in [-0.05, 0) is 43.5 Å². The lowest BCUT2D eigenvalue weighted by atomic mass is 9.86. The molecule has 3 aromatic rings. The van der Waals surface area contributed by atoms with E-state index in [0.29, 0.717) is 33.4 Å². The molecule has 0 aliphatic heterocycles. The summed E-state index contributed by atoms with van der Waals surface area (Å²) in [6.45, 7) is 4.73. The zero-order valence-corrected chi connectivity index (χ0v) is 16.6. The number of carbonyl (C=O) groups excluding carboxylic acids is 3. The van der Waals surface area contributed by atoms with Crippen molar-refractivity contribution in [3.8, 4) is 0 Å². The van der Waals surface area contributed by atoms with Crippen molar-refractivity contribution in [3.05, 3.63) is 106 Å². The van der Waals surface area contributed by atoms with Crippen LogP contribution in [0, 0.1) is 6.92 Å². The summed E-state index contributed by atoms with van der Waals surface area (Å²) in [7, 11) is 0. The van der Waals surface area contributed by atoms with Gasteiger partial charge in [-0.1, -0.05) is 60.7 Å². The lowest BCUT2D eigenvalue weighted by Crippen LogP contribution is -2.10. The van der Waals surface area contributed by atoms with Crippen LogP contribution >= 0.6 is 0 Å². The van der Waals surface area contributed by atoms with Crippen molar-refractivity contribution in [2.75, 3.05) is 0 Å². The smallest absolute Gasteiger partial charge is 0.194 e. The van der Waals surface area contributed by atoms with Gasteiger partial charge in [0.1, 0.15) is 0 Å². The maximum atomic E-state index is 13.6. The van der Waals surface area contributed by atoms with Gasteiger partial charge in [0, 0.05) is 33.4 Å². The average Bonchev–Trinajstić information content (AvgIpc) is 3.00. The minimum Gasteiger partial charge on any atom is -0.295 e. The van der Waals surface area contributed by atoms with E-state index in [0.717, 1.165) is 16.7 Å². The molecule has 0 heterocycles. The van der Waals surface area contributed by atoms with Gasteiger partial charge in [0.2, 0.25) is 0 Å². The summed E-state index contributed by atoms with van der Waals surface area (Å²) in [5, 5.41) is 0. The van der Waals surface area contributed by atoms with Gasteiger partial charge in [-0.15, -0.1) is 0 Å². The van der Waals surface area contributed by atoms with Crippen LogP contribution < -0.4 is 0 Å². The first-order chi connectivity index (χ1) is 13.9. The Hall–Kier alpha value is -3.59. The standard InChI is InChI=1S/C26H20O3/c1-15-20(16(2)27)14-21-25(22(15)17(3)28)23(18-10-6-4-7-11-18)24(26(21)29)19-12-8-5-9-13-19/h4-14H,1-3H3. The topological polar surface area (TPSA) is 51.2 Å². The molecule has 3 nitrogen and oxygen atoms in total. The largest absolute Gasteiger partial charge is 0.295 e. The molecule has 0 atom stereocenters. The molecule has 0 radical (unpaired) electrons. The molecule has 29 heavy (non-hydrogen) atoms. The van der Waals surface area contributed by atoms with Crippen LogP contribution in [0.1, 0.15) is 67.2 Å². The second-order valence-electron chi connectivity index (χ2n) is 7.27. The number of fused-ring (bicyclic) bond motifs is 1. The van der Waals surface area contributed by atoms with E-state index in [4.69, 9.17) is 0 Å². The van der Waals surface area contributed by atoms with Gasteiger partial charge in [0.05, 0.1) is 0 Å². The first-order valence-corrected chi connectivity index (χ1v) is 9.51. The number of benzene rings is 3. The van der Waals surface area contributed by atoms with Crippen LogP contribution in [-0.4, -0.2) is 17.3 Å². The third-order valence-corrected chi connectivity index (χ3v) is 5.41. The lowest BCUT2D eigenvalue weighted by Gasteiger charge is -2.16. The van der Waals surface area contributed by atoms with E-state index in [1.165, 1.54) is 13.8 Å². The number of allylic oxidation sites excluding steroid dienone is 1. The third-order valence-electron chi connectivity index (χ3n) is 5.41. The van der Waals surface area contributed by atoms with E-state index in [2.05, 4.69) is 0 Å². The van der Waals surface area contributed by atoms with E-state index in [9.17, 15) is 14.4 Å². The zero-order chi connectivity index (χ0) is 20.7. The molecule has 0 saturated heterocycles. The number of Topliss-reactive ketones (excluding diaryl/α,β-unsaturated/α-hetero) is 3. The molecule has 1 aliphatic rings. The molecule has 0 N–H and O–H groups in total. The van der Waals surface area contributed by atoms with E-state index < -0.39 is 0 Å². The highest BCUT2D eigenvalue weighted by Crippen LogP contribution is 2.45. The van der Waals surface area contributed by atoms with Gasteiger partial charge in [-0.25, -0.2) is 0 Å². The Morgan fingerprint density at radius 3 is 1.72 bits per heavy atom.